The van der Waals surface area contributed by atoms with E-state index < -0.39 is 23.8 Å². The number of imide groups is 1. The van der Waals surface area contributed by atoms with Gasteiger partial charge in [-0.25, -0.2) is 4.79 Å². The maximum Gasteiger partial charge on any atom is 0.325 e. The Labute approximate surface area is 201 Å². The Bertz CT molecular complexity index is 1150. The third kappa shape index (κ3) is 5.87. The molecule has 0 heterocycles. The van der Waals surface area contributed by atoms with E-state index in [1.807, 2.05) is 6.07 Å². The minimum absolute atomic E-state index is 0.163. The van der Waals surface area contributed by atoms with Gasteiger partial charge in [0.2, 0.25) is 5.91 Å². The third-order valence-electron chi connectivity index (χ3n) is 4.98. The van der Waals surface area contributed by atoms with Crippen LogP contribution in [-0.4, -0.2) is 39.2 Å². The van der Waals surface area contributed by atoms with Crippen molar-refractivity contribution in [3.63, 3.8) is 0 Å². The number of para-hydroxylation sites is 1. The quantitative estimate of drug-likeness (QED) is 0.538. The second kappa shape index (κ2) is 11.2. The van der Waals surface area contributed by atoms with Crippen molar-refractivity contribution in [1.29, 1.82) is 0 Å². The number of carbonyl (C=O) groups is 3. The molecule has 2 aromatic carbocycles. The monoisotopic (exact) mass is 485 g/mol. The molecule has 0 bridgehead atoms. The molecule has 2 aromatic rings. The summed E-state index contributed by atoms with van der Waals surface area (Å²) in [7, 11) is 4.37. The van der Waals surface area contributed by atoms with E-state index in [2.05, 4.69) is 16.0 Å². The first kappa shape index (κ1) is 24.7. The molecule has 0 aliphatic heterocycles. The molecule has 0 saturated carbocycles. The van der Waals surface area contributed by atoms with Gasteiger partial charge in [0, 0.05) is 17.8 Å². The van der Waals surface area contributed by atoms with Crippen molar-refractivity contribution in [2.75, 3.05) is 32.0 Å². The van der Waals surface area contributed by atoms with Gasteiger partial charge < -0.3 is 24.8 Å². The van der Waals surface area contributed by atoms with Crippen molar-refractivity contribution in [2.24, 2.45) is 5.92 Å². The van der Waals surface area contributed by atoms with Crippen LogP contribution in [0.4, 0.5) is 16.2 Å². The number of methoxy groups -OCH3 is 3. The first-order chi connectivity index (χ1) is 16.4. The fourth-order valence-electron chi connectivity index (χ4n) is 3.33. The van der Waals surface area contributed by atoms with Crippen LogP contribution in [0.2, 0.25) is 5.02 Å². The summed E-state index contributed by atoms with van der Waals surface area (Å²) in [6, 6.07) is 12.5. The number of amides is 4. The van der Waals surface area contributed by atoms with Crippen molar-refractivity contribution < 1.29 is 28.6 Å². The molecule has 1 unspecified atom stereocenters. The maximum absolute atomic E-state index is 12.7. The van der Waals surface area contributed by atoms with E-state index in [0.717, 1.165) is 0 Å². The molecular weight excluding hydrogens is 462 g/mol. The number of allylic oxidation sites excluding steroid dienone is 1. The van der Waals surface area contributed by atoms with Crippen LogP contribution in [0.5, 0.6) is 0 Å². The van der Waals surface area contributed by atoms with Crippen LogP contribution >= 0.6 is 11.6 Å². The molecular formula is C24H24ClN3O6. The molecule has 0 aromatic heterocycles. The first-order valence-corrected chi connectivity index (χ1v) is 10.6. The van der Waals surface area contributed by atoms with Gasteiger partial charge in [0.15, 0.2) is 11.5 Å². The number of hydrogen-bond acceptors (Lipinski definition) is 6. The molecule has 9 nitrogen and oxygen atoms in total. The Morgan fingerprint density at radius 1 is 0.912 bits per heavy atom. The smallest absolute Gasteiger partial charge is 0.325 e. The van der Waals surface area contributed by atoms with Gasteiger partial charge in [-0.3, -0.25) is 14.9 Å². The lowest BCUT2D eigenvalue weighted by Crippen LogP contribution is -2.39. The van der Waals surface area contributed by atoms with E-state index in [0.29, 0.717) is 23.0 Å². The number of halogens is 1. The molecule has 10 heteroatoms. The summed E-state index contributed by atoms with van der Waals surface area (Å²) in [5.41, 5.74) is 1.04. The van der Waals surface area contributed by atoms with E-state index >= 15 is 0 Å². The van der Waals surface area contributed by atoms with E-state index in [9.17, 15) is 14.4 Å². The Balaban J connectivity index is 1.66. The Hall–Kier alpha value is -3.98. The van der Waals surface area contributed by atoms with Crippen LogP contribution in [-0.2, 0) is 19.0 Å². The van der Waals surface area contributed by atoms with Gasteiger partial charge in [-0.2, -0.15) is 0 Å². The highest BCUT2D eigenvalue weighted by molar-refractivity contribution is 6.34. The zero-order valence-electron chi connectivity index (χ0n) is 18.8. The average molecular weight is 486 g/mol. The summed E-state index contributed by atoms with van der Waals surface area (Å²) in [4.78, 5) is 37.7. The predicted octanol–water partition coefficient (Wildman–Crippen LogP) is 4.30. The molecule has 3 N–H and O–H groups in total. The summed E-state index contributed by atoms with van der Waals surface area (Å²) in [6.45, 7) is 0. The van der Waals surface area contributed by atoms with E-state index in [-0.39, 0.29) is 22.7 Å². The largest absolute Gasteiger partial charge is 0.497 e. The van der Waals surface area contributed by atoms with Crippen LogP contribution in [0.15, 0.2) is 71.9 Å². The van der Waals surface area contributed by atoms with Crippen LogP contribution in [0, 0.1) is 5.92 Å². The number of hydrogen-bond donors (Lipinski definition) is 3. The molecule has 0 fully saturated rings. The second-order valence-electron chi connectivity index (χ2n) is 7.16. The number of benzene rings is 2. The van der Waals surface area contributed by atoms with Crippen LogP contribution in [0.3, 0.4) is 0 Å². The minimum atomic E-state index is -0.769. The molecule has 1 aliphatic carbocycles. The van der Waals surface area contributed by atoms with Gasteiger partial charge >= 0.3 is 6.03 Å². The first-order valence-electron chi connectivity index (χ1n) is 10.2. The van der Waals surface area contributed by atoms with Gasteiger partial charge in [0.05, 0.1) is 37.8 Å². The fraction of sp³-hybridized carbons (Fsp3) is 0.208. The molecule has 34 heavy (non-hydrogen) atoms. The number of urea groups is 1. The zero-order chi connectivity index (χ0) is 24.7. The second-order valence-corrected chi connectivity index (χ2v) is 7.57. The van der Waals surface area contributed by atoms with E-state index in [4.69, 9.17) is 25.8 Å². The summed E-state index contributed by atoms with van der Waals surface area (Å²) in [5, 5.41) is 7.76. The van der Waals surface area contributed by atoms with Crippen molar-refractivity contribution in [3.05, 3.63) is 82.5 Å². The molecule has 1 atom stereocenters. The van der Waals surface area contributed by atoms with Crippen molar-refractivity contribution in [2.45, 2.75) is 6.42 Å². The Morgan fingerprint density at radius 2 is 1.65 bits per heavy atom. The number of nitrogens with one attached hydrogen (secondary N) is 3. The van der Waals surface area contributed by atoms with Gasteiger partial charge in [0.1, 0.15) is 5.76 Å². The molecule has 0 saturated heterocycles. The zero-order valence-corrected chi connectivity index (χ0v) is 19.6. The molecule has 4 amide bonds. The third-order valence-corrected chi connectivity index (χ3v) is 5.31. The Kier molecular flexibility index (Phi) is 8.15. The molecule has 1 aliphatic rings. The van der Waals surface area contributed by atoms with E-state index in [1.54, 1.807) is 30.3 Å². The van der Waals surface area contributed by atoms with Crippen molar-refractivity contribution >= 4 is 40.8 Å². The summed E-state index contributed by atoms with van der Waals surface area (Å²) in [5.74, 6) is -0.573. The summed E-state index contributed by atoms with van der Waals surface area (Å²) in [6.07, 6.45) is 1.74. The van der Waals surface area contributed by atoms with Crippen LogP contribution < -0.4 is 16.0 Å². The van der Waals surface area contributed by atoms with Crippen molar-refractivity contribution in [3.8, 4) is 0 Å². The van der Waals surface area contributed by atoms with Gasteiger partial charge in [-0.1, -0.05) is 29.8 Å². The average Bonchev–Trinajstić information content (AvgIpc) is 2.84. The summed E-state index contributed by atoms with van der Waals surface area (Å²) >= 11 is 6.17. The van der Waals surface area contributed by atoms with Crippen molar-refractivity contribution in [1.82, 2.24) is 5.32 Å². The number of carbonyl (C=O) groups excluding carboxylic acids is 3. The van der Waals surface area contributed by atoms with Gasteiger partial charge in [-0.15, -0.1) is 0 Å². The molecule has 0 radical (unpaired) electrons. The lowest BCUT2D eigenvalue weighted by molar-refractivity contribution is -0.122. The van der Waals surface area contributed by atoms with Crippen LogP contribution in [0.25, 0.3) is 0 Å². The number of anilines is 2. The number of rotatable bonds is 7. The number of ether oxygens (including phenoxy) is 3. The van der Waals surface area contributed by atoms with Crippen LogP contribution in [0.1, 0.15) is 16.8 Å². The lowest BCUT2D eigenvalue weighted by Gasteiger charge is -2.23. The normalized spacial score (nSPS) is 15.1. The summed E-state index contributed by atoms with van der Waals surface area (Å²) < 4.78 is 15.8. The standard InChI is InChI=1S/C24H24ClN3O6/c1-32-19-11-14(12-20(33-2)21(19)34-3)22(29)28-24(31)27-16-9-10-18(25)17(13-16)23(30)26-15-7-5-4-6-8-15/h4-11,13-14H,12H2,1-3H3,(H,26,30)(H2,27,28,29,31). The maximum atomic E-state index is 12.7. The highest BCUT2D eigenvalue weighted by Crippen LogP contribution is 2.30. The molecule has 3 rings (SSSR count). The topological polar surface area (TPSA) is 115 Å². The highest BCUT2D eigenvalue weighted by atomic mass is 35.5. The molecule has 178 valence electrons. The van der Waals surface area contributed by atoms with Gasteiger partial charge in [0.25, 0.3) is 5.91 Å². The fourth-order valence-corrected chi connectivity index (χ4v) is 3.53. The Morgan fingerprint density at radius 3 is 2.29 bits per heavy atom. The molecule has 0 spiro atoms. The minimum Gasteiger partial charge on any atom is -0.497 e. The highest BCUT2D eigenvalue weighted by Gasteiger charge is 2.30. The van der Waals surface area contributed by atoms with E-state index in [1.165, 1.54) is 39.5 Å². The predicted molar refractivity (Wildman–Crippen MR) is 127 cm³/mol. The van der Waals surface area contributed by atoms with Gasteiger partial charge in [-0.05, 0) is 36.4 Å². The SMILES string of the molecule is COC1=CC(C(=O)NC(=O)Nc2ccc(Cl)c(C(=O)Nc3ccccc3)c2)CC(OC)=C1OC. The lowest BCUT2D eigenvalue weighted by atomic mass is 9.96.